The van der Waals surface area contributed by atoms with Gasteiger partial charge in [0.25, 0.3) is 0 Å². The van der Waals surface area contributed by atoms with Crippen molar-refractivity contribution in [3.05, 3.63) is 0 Å². The van der Waals surface area contributed by atoms with Gasteiger partial charge in [0.1, 0.15) is 5.41 Å². The molecule has 0 fully saturated rings. The number of hydrogen-bond donors (Lipinski definition) is 0. The number of nitrogens with zero attached hydrogens (tertiary/aromatic N) is 2. The van der Waals surface area contributed by atoms with Crippen molar-refractivity contribution in [2.75, 3.05) is 13.6 Å². The molecule has 0 spiro atoms. The molecule has 1 atom stereocenters. The Morgan fingerprint density at radius 2 is 1.94 bits per heavy atom. The lowest BCUT2D eigenvalue weighted by atomic mass is 9.88. The van der Waals surface area contributed by atoms with E-state index >= 15 is 0 Å². The molecule has 0 aliphatic rings. The van der Waals surface area contributed by atoms with E-state index in [1.807, 2.05) is 6.07 Å². The molecule has 0 radical (unpaired) electrons. The number of carbonyl (C=O) groups excluding carboxylic acids is 1. The van der Waals surface area contributed by atoms with Crippen molar-refractivity contribution in [3.63, 3.8) is 0 Å². The quantitative estimate of drug-likeness (QED) is 0.752. The van der Waals surface area contributed by atoms with E-state index in [2.05, 4.69) is 0 Å². The van der Waals surface area contributed by atoms with E-state index in [0.29, 0.717) is 0 Å². The standard InChI is InChI=1S/C10H15F3N2O/c1-4-9(2,7-14)8(16)15(3)6-5-10(11,12)13/h4-6H2,1-3H3. The molecule has 0 aliphatic heterocycles. The first-order valence-electron chi connectivity index (χ1n) is 4.90. The molecule has 92 valence electrons. The van der Waals surface area contributed by atoms with Crippen LogP contribution >= 0.6 is 0 Å². The normalized spacial score (nSPS) is 15.1. The molecule has 0 aromatic heterocycles. The van der Waals surface area contributed by atoms with Gasteiger partial charge in [-0.15, -0.1) is 0 Å². The van der Waals surface area contributed by atoms with Crippen LogP contribution in [0.1, 0.15) is 26.7 Å². The van der Waals surface area contributed by atoms with Crippen LogP contribution in [0.5, 0.6) is 0 Å². The Hall–Kier alpha value is -1.25. The molecule has 0 N–H and O–H groups in total. The van der Waals surface area contributed by atoms with Gasteiger partial charge in [-0.2, -0.15) is 18.4 Å². The van der Waals surface area contributed by atoms with Crippen LogP contribution in [0.25, 0.3) is 0 Å². The average molecular weight is 236 g/mol. The number of rotatable bonds is 4. The van der Waals surface area contributed by atoms with E-state index in [1.165, 1.54) is 14.0 Å². The molecular weight excluding hydrogens is 221 g/mol. The lowest BCUT2D eigenvalue weighted by Gasteiger charge is -2.26. The zero-order valence-corrected chi connectivity index (χ0v) is 9.56. The Morgan fingerprint density at radius 1 is 1.44 bits per heavy atom. The highest BCUT2D eigenvalue weighted by molar-refractivity contribution is 5.84. The summed E-state index contributed by atoms with van der Waals surface area (Å²) >= 11 is 0. The second kappa shape index (κ2) is 5.19. The number of amides is 1. The molecule has 16 heavy (non-hydrogen) atoms. The van der Waals surface area contributed by atoms with Crippen molar-refractivity contribution in [2.24, 2.45) is 5.41 Å². The maximum atomic E-state index is 11.9. The van der Waals surface area contributed by atoms with Gasteiger partial charge in [0.15, 0.2) is 0 Å². The summed E-state index contributed by atoms with van der Waals surface area (Å²) in [5.74, 6) is -0.568. The molecule has 1 unspecified atom stereocenters. The van der Waals surface area contributed by atoms with Gasteiger partial charge in [0, 0.05) is 13.6 Å². The molecule has 0 saturated heterocycles. The first kappa shape index (κ1) is 14.8. The number of carbonyl (C=O) groups is 1. The van der Waals surface area contributed by atoms with Crippen LogP contribution in [0.15, 0.2) is 0 Å². The predicted molar refractivity (Wildman–Crippen MR) is 52.3 cm³/mol. The van der Waals surface area contributed by atoms with E-state index in [1.54, 1.807) is 6.92 Å². The summed E-state index contributed by atoms with van der Waals surface area (Å²) in [7, 11) is 1.28. The molecule has 0 bridgehead atoms. The highest BCUT2D eigenvalue weighted by Gasteiger charge is 2.35. The van der Waals surface area contributed by atoms with Crippen LogP contribution in [0.4, 0.5) is 13.2 Å². The van der Waals surface area contributed by atoms with Crippen molar-refractivity contribution in [2.45, 2.75) is 32.9 Å². The molecule has 1 amide bonds. The third-order valence-electron chi connectivity index (χ3n) is 2.50. The minimum atomic E-state index is -4.29. The van der Waals surface area contributed by atoms with Crippen LogP contribution in [0.2, 0.25) is 0 Å². The van der Waals surface area contributed by atoms with Gasteiger partial charge in [0.05, 0.1) is 12.5 Å². The summed E-state index contributed by atoms with van der Waals surface area (Å²) in [6, 6.07) is 1.83. The Balaban J connectivity index is 4.47. The smallest absolute Gasteiger partial charge is 0.344 e. The fourth-order valence-corrected chi connectivity index (χ4v) is 1.10. The van der Waals surface area contributed by atoms with Crippen LogP contribution in [0, 0.1) is 16.7 Å². The van der Waals surface area contributed by atoms with Crippen molar-refractivity contribution in [1.82, 2.24) is 4.90 Å². The number of halogens is 3. The highest BCUT2D eigenvalue weighted by Crippen LogP contribution is 2.24. The minimum Gasteiger partial charge on any atom is -0.344 e. The van der Waals surface area contributed by atoms with Crippen LogP contribution in [-0.4, -0.2) is 30.6 Å². The summed E-state index contributed by atoms with van der Waals surface area (Å²) < 4.78 is 35.8. The maximum Gasteiger partial charge on any atom is 0.390 e. The third-order valence-corrected chi connectivity index (χ3v) is 2.50. The molecule has 0 saturated carbocycles. The van der Waals surface area contributed by atoms with Crippen LogP contribution in [0.3, 0.4) is 0 Å². The second-order valence-electron chi connectivity index (χ2n) is 3.89. The number of nitriles is 1. The summed E-state index contributed by atoms with van der Waals surface area (Å²) in [6.45, 7) is 2.66. The monoisotopic (exact) mass is 236 g/mol. The molecule has 0 rings (SSSR count). The largest absolute Gasteiger partial charge is 0.390 e. The molecule has 0 aromatic rings. The van der Waals surface area contributed by atoms with E-state index in [4.69, 9.17) is 5.26 Å². The Bertz CT molecular complexity index is 295. The van der Waals surface area contributed by atoms with Gasteiger partial charge in [-0.25, -0.2) is 0 Å². The Kier molecular flexibility index (Phi) is 4.79. The lowest BCUT2D eigenvalue weighted by molar-refractivity contribution is -0.147. The summed E-state index contributed by atoms with van der Waals surface area (Å²) in [4.78, 5) is 12.6. The van der Waals surface area contributed by atoms with Crippen molar-refractivity contribution < 1.29 is 18.0 Å². The van der Waals surface area contributed by atoms with Gasteiger partial charge >= 0.3 is 6.18 Å². The topological polar surface area (TPSA) is 44.1 Å². The van der Waals surface area contributed by atoms with Gasteiger partial charge in [-0.1, -0.05) is 6.92 Å². The summed E-state index contributed by atoms with van der Waals surface area (Å²) in [5.41, 5.74) is -1.24. The van der Waals surface area contributed by atoms with Crippen molar-refractivity contribution in [3.8, 4) is 6.07 Å². The lowest BCUT2D eigenvalue weighted by Crippen LogP contribution is -2.40. The first-order valence-corrected chi connectivity index (χ1v) is 4.90. The van der Waals surface area contributed by atoms with Crippen LogP contribution < -0.4 is 0 Å². The summed E-state index contributed by atoms with van der Waals surface area (Å²) in [5, 5.41) is 8.81. The fraction of sp³-hybridized carbons (Fsp3) is 0.800. The van der Waals surface area contributed by atoms with Gasteiger partial charge in [-0.05, 0) is 13.3 Å². The molecule has 0 aromatic carbocycles. The first-order chi connectivity index (χ1) is 7.16. The minimum absolute atomic E-state index is 0.276. The van der Waals surface area contributed by atoms with Crippen LogP contribution in [-0.2, 0) is 4.79 Å². The van der Waals surface area contributed by atoms with Gasteiger partial charge < -0.3 is 4.90 Å². The average Bonchev–Trinajstić information content (AvgIpc) is 2.22. The molecular formula is C10H15F3N2O. The van der Waals surface area contributed by atoms with E-state index in [0.717, 1.165) is 4.90 Å². The number of alkyl halides is 3. The second-order valence-corrected chi connectivity index (χ2v) is 3.89. The van der Waals surface area contributed by atoms with Crippen molar-refractivity contribution in [1.29, 1.82) is 5.26 Å². The van der Waals surface area contributed by atoms with Gasteiger partial charge in [-0.3, -0.25) is 4.79 Å². The molecule has 0 aliphatic carbocycles. The van der Waals surface area contributed by atoms with E-state index in [9.17, 15) is 18.0 Å². The highest BCUT2D eigenvalue weighted by atomic mass is 19.4. The zero-order chi connectivity index (χ0) is 13.0. The summed E-state index contributed by atoms with van der Waals surface area (Å²) in [6.07, 6.45) is -5.07. The zero-order valence-electron chi connectivity index (χ0n) is 9.56. The third kappa shape index (κ3) is 4.09. The van der Waals surface area contributed by atoms with Gasteiger partial charge in [0.2, 0.25) is 5.91 Å². The molecule has 6 heteroatoms. The van der Waals surface area contributed by atoms with E-state index in [-0.39, 0.29) is 6.42 Å². The molecule has 3 nitrogen and oxygen atoms in total. The van der Waals surface area contributed by atoms with E-state index < -0.39 is 30.5 Å². The Morgan fingerprint density at radius 3 is 2.25 bits per heavy atom. The maximum absolute atomic E-state index is 11.9. The molecule has 0 heterocycles. The SMILES string of the molecule is CCC(C)(C#N)C(=O)N(C)CCC(F)(F)F. The Labute approximate surface area is 92.8 Å². The predicted octanol–water partition coefficient (Wildman–Crippen LogP) is 2.34. The number of hydrogen-bond acceptors (Lipinski definition) is 2. The fourth-order valence-electron chi connectivity index (χ4n) is 1.10. The van der Waals surface area contributed by atoms with Crippen molar-refractivity contribution >= 4 is 5.91 Å².